The zero-order chi connectivity index (χ0) is 16.0. The number of ether oxygens (including phenoxy) is 1. The minimum absolute atomic E-state index is 0.0297. The first kappa shape index (κ1) is 17.0. The van der Waals surface area contributed by atoms with Crippen LogP contribution in [0.2, 0.25) is 0 Å². The zero-order valence-corrected chi connectivity index (χ0v) is 11.6. The van der Waals surface area contributed by atoms with Crippen molar-refractivity contribution in [3.8, 4) is 0 Å². The molecular formula is C13H16F2N2O4. The van der Waals surface area contributed by atoms with Crippen LogP contribution in [0.3, 0.4) is 0 Å². The van der Waals surface area contributed by atoms with Crippen molar-refractivity contribution in [1.29, 1.82) is 0 Å². The molecule has 0 aliphatic rings. The average molecular weight is 302 g/mol. The molecule has 0 radical (unpaired) electrons. The second-order valence-corrected chi connectivity index (χ2v) is 4.70. The Morgan fingerprint density at radius 2 is 1.95 bits per heavy atom. The van der Waals surface area contributed by atoms with Crippen molar-refractivity contribution in [1.82, 2.24) is 5.32 Å². The highest BCUT2D eigenvalue weighted by molar-refractivity contribution is 6.39. The number of nitrogens with one attached hydrogen (secondary N) is 2. The van der Waals surface area contributed by atoms with Gasteiger partial charge in [0.2, 0.25) is 0 Å². The molecule has 0 saturated heterocycles. The Bertz CT molecular complexity index is 535. The Morgan fingerprint density at radius 3 is 2.52 bits per heavy atom. The molecule has 3 N–H and O–H groups in total. The summed E-state index contributed by atoms with van der Waals surface area (Å²) in [7, 11) is 1.38. The molecular weight excluding hydrogens is 286 g/mol. The lowest BCUT2D eigenvalue weighted by molar-refractivity contribution is -0.137. The van der Waals surface area contributed by atoms with Crippen molar-refractivity contribution in [2.75, 3.05) is 25.6 Å². The fourth-order valence-corrected chi connectivity index (χ4v) is 1.47. The Kier molecular flexibility index (Phi) is 5.74. The van der Waals surface area contributed by atoms with Gasteiger partial charge in [0, 0.05) is 25.4 Å². The van der Waals surface area contributed by atoms with E-state index in [0.29, 0.717) is 0 Å². The number of anilines is 1. The predicted molar refractivity (Wildman–Crippen MR) is 70.5 cm³/mol. The van der Waals surface area contributed by atoms with Gasteiger partial charge in [0.25, 0.3) is 0 Å². The van der Waals surface area contributed by atoms with Crippen LogP contribution in [0.5, 0.6) is 0 Å². The first-order chi connectivity index (χ1) is 9.75. The summed E-state index contributed by atoms with van der Waals surface area (Å²) in [5.74, 6) is -4.28. The number of carbonyl (C=O) groups excluding carboxylic acids is 2. The quantitative estimate of drug-likeness (QED) is 0.688. The maximum absolute atomic E-state index is 12.9. The van der Waals surface area contributed by atoms with Gasteiger partial charge in [-0.25, -0.2) is 8.78 Å². The van der Waals surface area contributed by atoms with Crippen LogP contribution in [-0.2, 0) is 14.3 Å². The third kappa shape index (κ3) is 5.44. The molecule has 0 aromatic heterocycles. The van der Waals surface area contributed by atoms with Gasteiger partial charge in [0.15, 0.2) is 11.6 Å². The molecule has 21 heavy (non-hydrogen) atoms. The summed E-state index contributed by atoms with van der Waals surface area (Å²) in [5, 5.41) is 14.1. The molecule has 116 valence electrons. The fraction of sp³-hybridized carbons (Fsp3) is 0.385. The zero-order valence-electron chi connectivity index (χ0n) is 11.6. The molecule has 8 heteroatoms. The summed E-state index contributed by atoms with van der Waals surface area (Å²) in [6.45, 7) is 1.19. The SMILES string of the molecule is COCC(C)(O)CNC(=O)C(=O)Nc1ccc(F)c(F)c1. The third-order valence-corrected chi connectivity index (χ3v) is 2.47. The number of rotatable bonds is 5. The maximum Gasteiger partial charge on any atom is 0.313 e. The van der Waals surface area contributed by atoms with Gasteiger partial charge < -0.3 is 20.5 Å². The van der Waals surface area contributed by atoms with Crippen LogP contribution in [0.25, 0.3) is 0 Å². The summed E-state index contributed by atoms with van der Waals surface area (Å²) in [4.78, 5) is 23.0. The Hall–Kier alpha value is -2.06. The molecule has 1 rings (SSSR count). The first-order valence-electron chi connectivity index (χ1n) is 6.01. The van der Waals surface area contributed by atoms with Gasteiger partial charge in [-0.3, -0.25) is 9.59 Å². The van der Waals surface area contributed by atoms with Crippen molar-refractivity contribution in [3.05, 3.63) is 29.8 Å². The average Bonchev–Trinajstić information content (AvgIpc) is 2.40. The van der Waals surface area contributed by atoms with Crippen LogP contribution in [0.15, 0.2) is 18.2 Å². The van der Waals surface area contributed by atoms with Crippen molar-refractivity contribution < 1.29 is 28.2 Å². The molecule has 0 heterocycles. The molecule has 1 aromatic carbocycles. The fourth-order valence-electron chi connectivity index (χ4n) is 1.47. The molecule has 1 atom stereocenters. The van der Waals surface area contributed by atoms with Gasteiger partial charge in [-0.15, -0.1) is 0 Å². The van der Waals surface area contributed by atoms with Gasteiger partial charge in [0.1, 0.15) is 5.60 Å². The number of hydrogen-bond donors (Lipinski definition) is 3. The van der Waals surface area contributed by atoms with Crippen LogP contribution in [-0.4, -0.2) is 42.8 Å². The van der Waals surface area contributed by atoms with Crippen molar-refractivity contribution >= 4 is 17.5 Å². The highest BCUT2D eigenvalue weighted by atomic mass is 19.2. The summed E-state index contributed by atoms with van der Waals surface area (Å²) < 4.78 is 30.4. The van der Waals surface area contributed by atoms with E-state index in [1.807, 2.05) is 0 Å². The summed E-state index contributed by atoms with van der Waals surface area (Å²) in [6, 6.07) is 2.69. The minimum Gasteiger partial charge on any atom is -0.386 e. The van der Waals surface area contributed by atoms with Gasteiger partial charge in [0.05, 0.1) is 6.61 Å². The molecule has 0 spiro atoms. The van der Waals surface area contributed by atoms with E-state index in [4.69, 9.17) is 4.74 Å². The summed E-state index contributed by atoms with van der Waals surface area (Å²) in [6.07, 6.45) is 0. The van der Waals surface area contributed by atoms with E-state index in [-0.39, 0.29) is 18.8 Å². The normalized spacial score (nSPS) is 13.4. The van der Waals surface area contributed by atoms with Crippen molar-refractivity contribution in [2.24, 2.45) is 0 Å². The van der Waals surface area contributed by atoms with Crippen LogP contribution < -0.4 is 10.6 Å². The number of hydrogen-bond acceptors (Lipinski definition) is 4. The van der Waals surface area contributed by atoms with Gasteiger partial charge >= 0.3 is 11.8 Å². The van der Waals surface area contributed by atoms with Crippen LogP contribution in [0, 0.1) is 11.6 Å². The molecule has 0 saturated carbocycles. The number of amides is 2. The topological polar surface area (TPSA) is 87.7 Å². The van der Waals surface area contributed by atoms with Gasteiger partial charge in [-0.2, -0.15) is 0 Å². The van der Waals surface area contributed by atoms with E-state index in [0.717, 1.165) is 18.2 Å². The lowest BCUT2D eigenvalue weighted by Gasteiger charge is -2.22. The number of carbonyl (C=O) groups is 2. The monoisotopic (exact) mass is 302 g/mol. The van der Waals surface area contributed by atoms with E-state index >= 15 is 0 Å². The van der Waals surface area contributed by atoms with Gasteiger partial charge in [-0.05, 0) is 19.1 Å². The molecule has 2 amide bonds. The first-order valence-corrected chi connectivity index (χ1v) is 6.01. The van der Waals surface area contributed by atoms with Crippen LogP contribution in [0.1, 0.15) is 6.92 Å². The minimum atomic E-state index is -1.33. The molecule has 1 aromatic rings. The van der Waals surface area contributed by atoms with Crippen molar-refractivity contribution in [2.45, 2.75) is 12.5 Å². The lowest BCUT2D eigenvalue weighted by atomic mass is 10.1. The molecule has 1 unspecified atom stereocenters. The Balaban J connectivity index is 2.55. The van der Waals surface area contributed by atoms with Crippen LogP contribution >= 0.6 is 0 Å². The highest BCUT2D eigenvalue weighted by Crippen LogP contribution is 2.12. The highest BCUT2D eigenvalue weighted by Gasteiger charge is 2.23. The van der Waals surface area contributed by atoms with E-state index < -0.39 is 29.0 Å². The third-order valence-electron chi connectivity index (χ3n) is 2.47. The predicted octanol–water partition coefficient (Wildman–Crippen LogP) is 0.417. The second-order valence-electron chi connectivity index (χ2n) is 4.70. The standard InChI is InChI=1S/C13H16F2N2O4/c1-13(20,7-21-2)6-16-11(18)12(19)17-8-3-4-9(14)10(15)5-8/h3-5,20H,6-7H2,1-2H3,(H,16,18)(H,17,19). The molecule has 6 nitrogen and oxygen atoms in total. The molecule has 0 bridgehead atoms. The Labute approximate surface area is 120 Å². The number of benzene rings is 1. The van der Waals surface area contributed by atoms with Crippen molar-refractivity contribution in [3.63, 3.8) is 0 Å². The number of halogens is 2. The smallest absolute Gasteiger partial charge is 0.313 e. The van der Waals surface area contributed by atoms with E-state index in [2.05, 4.69) is 10.6 Å². The van der Waals surface area contributed by atoms with E-state index in [1.54, 1.807) is 0 Å². The maximum atomic E-state index is 12.9. The molecule has 0 fully saturated rings. The van der Waals surface area contributed by atoms with E-state index in [1.165, 1.54) is 14.0 Å². The molecule has 0 aliphatic heterocycles. The lowest BCUT2D eigenvalue weighted by Crippen LogP contribution is -2.46. The largest absolute Gasteiger partial charge is 0.386 e. The van der Waals surface area contributed by atoms with Gasteiger partial charge in [-0.1, -0.05) is 0 Å². The van der Waals surface area contributed by atoms with Crippen LogP contribution in [0.4, 0.5) is 14.5 Å². The van der Waals surface area contributed by atoms with E-state index in [9.17, 15) is 23.5 Å². The number of methoxy groups -OCH3 is 1. The second kappa shape index (κ2) is 7.09. The summed E-state index contributed by atoms with van der Waals surface area (Å²) >= 11 is 0. The summed E-state index contributed by atoms with van der Waals surface area (Å²) in [5.41, 5.74) is -1.38. The molecule has 0 aliphatic carbocycles. The Morgan fingerprint density at radius 1 is 1.29 bits per heavy atom. The number of aliphatic hydroxyl groups is 1.